The Bertz CT molecular complexity index is 721. The molecule has 2 heterocycles. The number of nitrogens with zero attached hydrogens (tertiary/aromatic N) is 3. The van der Waals surface area contributed by atoms with Crippen LogP contribution in [0.1, 0.15) is 31.7 Å². The first-order valence-electron chi connectivity index (χ1n) is 9.48. The van der Waals surface area contributed by atoms with Gasteiger partial charge in [0.05, 0.1) is 13.7 Å². The molecule has 3 amide bonds. The van der Waals surface area contributed by atoms with Crippen LogP contribution in [0.15, 0.2) is 24.3 Å². The fourth-order valence-electron chi connectivity index (χ4n) is 3.72. The summed E-state index contributed by atoms with van der Waals surface area (Å²) in [5.74, 6) is 0.829. The summed E-state index contributed by atoms with van der Waals surface area (Å²) < 4.78 is 5.22. The zero-order chi connectivity index (χ0) is 19.4. The lowest BCUT2D eigenvalue weighted by atomic mass is 10.1. The monoisotopic (exact) mass is 373 g/mol. The minimum absolute atomic E-state index is 0.0368. The van der Waals surface area contributed by atoms with Crippen LogP contribution in [-0.2, 0) is 20.9 Å². The fraction of sp³-hybridized carbons (Fsp3) is 0.550. The van der Waals surface area contributed by atoms with E-state index in [2.05, 4.69) is 0 Å². The molecule has 7 nitrogen and oxygen atoms in total. The van der Waals surface area contributed by atoms with E-state index in [0.717, 1.165) is 24.3 Å². The van der Waals surface area contributed by atoms with Gasteiger partial charge in [-0.1, -0.05) is 12.1 Å². The Labute approximate surface area is 159 Å². The second-order valence-corrected chi connectivity index (χ2v) is 7.15. The zero-order valence-electron chi connectivity index (χ0n) is 16.0. The maximum absolute atomic E-state index is 12.7. The van der Waals surface area contributed by atoms with Gasteiger partial charge in [-0.25, -0.2) is 0 Å². The van der Waals surface area contributed by atoms with Crippen molar-refractivity contribution in [2.24, 2.45) is 0 Å². The van der Waals surface area contributed by atoms with E-state index in [4.69, 9.17) is 4.74 Å². The number of methoxy groups -OCH3 is 1. The highest BCUT2D eigenvalue weighted by molar-refractivity contribution is 5.94. The van der Waals surface area contributed by atoms with Crippen molar-refractivity contribution in [3.8, 4) is 5.75 Å². The predicted octanol–water partition coefficient (Wildman–Crippen LogP) is 1.27. The van der Waals surface area contributed by atoms with Crippen LogP contribution in [0.2, 0.25) is 0 Å². The molecule has 0 aromatic heterocycles. The normalized spacial score (nSPS) is 20.6. The van der Waals surface area contributed by atoms with Gasteiger partial charge in [-0.3, -0.25) is 14.4 Å². The third kappa shape index (κ3) is 4.40. The Morgan fingerprint density at radius 1 is 1.11 bits per heavy atom. The number of piperazine rings is 1. The largest absolute Gasteiger partial charge is 0.497 e. The van der Waals surface area contributed by atoms with Crippen molar-refractivity contribution < 1.29 is 19.1 Å². The number of ether oxygens (including phenoxy) is 1. The van der Waals surface area contributed by atoms with Crippen LogP contribution in [0.5, 0.6) is 5.75 Å². The summed E-state index contributed by atoms with van der Waals surface area (Å²) >= 11 is 0. The topological polar surface area (TPSA) is 70.2 Å². The summed E-state index contributed by atoms with van der Waals surface area (Å²) in [6, 6.07) is 7.03. The molecule has 1 atom stereocenters. The van der Waals surface area contributed by atoms with Crippen LogP contribution in [0.3, 0.4) is 0 Å². The summed E-state index contributed by atoms with van der Waals surface area (Å²) in [5, 5.41) is 0. The molecule has 2 aliphatic rings. The van der Waals surface area contributed by atoms with Gasteiger partial charge in [0.2, 0.25) is 17.7 Å². The molecule has 146 valence electrons. The summed E-state index contributed by atoms with van der Waals surface area (Å²) in [5.41, 5.74) is 0.934. The van der Waals surface area contributed by atoms with Gasteiger partial charge in [-0.2, -0.15) is 0 Å². The number of rotatable bonds is 7. The standard InChI is InChI=1S/C20H27N3O4/c1-15-20(26)22(11-5-10-21-9-4-8-18(21)24)14-19(25)23(15)13-16-6-3-7-17(12-16)27-2/h3,6-7,12,15H,4-5,8-11,13-14H2,1-2H3/t15-/m0/s1. The number of likely N-dealkylation sites (tertiary alicyclic amines) is 1. The van der Waals surface area contributed by atoms with Gasteiger partial charge in [-0.15, -0.1) is 0 Å². The highest BCUT2D eigenvalue weighted by Gasteiger charge is 2.36. The molecule has 2 fully saturated rings. The number of hydrogen-bond donors (Lipinski definition) is 0. The van der Waals surface area contributed by atoms with E-state index in [1.165, 1.54) is 0 Å². The molecule has 27 heavy (non-hydrogen) atoms. The first-order chi connectivity index (χ1) is 13.0. The first-order valence-corrected chi connectivity index (χ1v) is 9.48. The van der Waals surface area contributed by atoms with E-state index in [1.807, 2.05) is 29.2 Å². The third-order valence-electron chi connectivity index (χ3n) is 5.30. The molecule has 0 spiro atoms. The van der Waals surface area contributed by atoms with Crippen LogP contribution >= 0.6 is 0 Å². The number of hydrogen-bond acceptors (Lipinski definition) is 4. The van der Waals surface area contributed by atoms with Crippen LogP contribution in [0, 0.1) is 0 Å². The van der Waals surface area contributed by atoms with Gasteiger partial charge in [0.25, 0.3) is 0 Å². The highest BCUT2D eigenvalue weighted by atomic mass is 16.5. The van der Waals surface area contributed by atoms with Crippen molar-refractivity contribution in [1.29, 1.82) is 0 Å². The zero-order valence-corrected chi connectivity index (χ0v) is 16.0. The Morgan fingerprint density at radius 3 is 2.59 bits per heavy atom. The van der Waals surface area contributed by atoms with Gasteiger partial charge in [0.15, 0.2) is 0 Å². The van der Waals surface area contributed by atoms with E-state index >= 15 is 0 Å². The molecule has 3 rings (SSSR count). The molecule has 1 aromatic carbocycles. The van der Waals surface area contributed by atoms with Crippen molar-refractivity contribution in [2.75, 3.05) is 33.3 Å². The average Bonchev–Trinajstić information content (AvgIpc) is 3.08. The van der Waals surface area contributed by atoms with Crippen LogP contribution in [0.4, 0.5) is 0 Å². The molecule has 0 saturated carbocycles. The quantitative estimate of drug-likeness (QED) is 0.722. The maximum atomic E-state index is 12.7. The lowest BCUT2D eigenvalue weighted by Gasteiger charge is -2.39. The Balaban J connectivity index is 1.56. The van der Waals surface area contributed by atoms with Crippen molar-refractivity contribution >= 4 is 17.7 Å². The predicted molar refractivity (Wildman–Crippen MR) is 100 cm³/mol. The van der Waals surface area contributed by atoms with E-state index in [-0.39, 0.29) is 24.3 Å². The van der Waals surface area contributed by atoms with Crippen molar-refractivity contribution in [3.63, 3.8) is 0 Å². The molecule has 0 bridgehead atoms. The molecule has 0 N–H and O–H groups in total. The van der Waals surface area contributed by atoms with E-state index < -0.39 is 6.04 Å². The molecule has 2 saturated heterocycles. The second kappa shape index (κ2) is 8.41. The molecule has 0 aliphatic carbocycles. The van der Waals surface area contributed by atoms with Crippen LogP contribution in [0.25, 0.3) is 0 Å². The van der Waals surface area contributed by atoms with Gasteiger partial charge in [0.1, 0.15) is 11.8 Å². The Morgan fingerprint density at radius 2 is 1.89 bits per heavy atom. The van der Waals surface area contributed by atoms with Gasteiger partial charge >= 0.3 is 0 Å². The molecular formula is C20H27N3O4. The third-order valence-corrected chi connectivity index (χ3v) is 5.30. The van der Waals surface area contributed by atoms with Gasteiger partial charge in [-0.05, 0) is 37.5 Å². The number of benzene rings is 1. The number of carbonyl (C=O) groups is 3. The molecule has 2 aliphatic heterocycles. The minimum Gasteiger partial charge on any atom is -0.497 e. The summed E-state index contributed by atoms with van der Waals surface area (Å²) in [4.78, 5) is 42.1. The fourth-order valence-corrected chi connectivity index (χ4v) is 3.72. The van der Waals surface area contributed by atoms with E-state index in [1.54, 1.807) is 23.8 Å². The Kier molecular flexibility index (Phi) is 5.98. The summed E-state index contributed by atoms with van der Waals surface area (Å²) in [7, 11) is 1.60. The molecule has 0 unspecified atom stereocenters. The smallest absolute Gasteiger partial charge is 0.245 e. The summed E-state index contributed by atoms with van der Waals surface area (Å²) in [6.45, 7) is 4.22. The van der Waals surface area contributed by atoms with Crippen LogP contribution in [-0.4, -0.2) is 71.8 Å². The van der Waals surface area contributed by atoms with Gasteiger partial charge in [0, 0.05) is 32.6 Å². The molecule has 0 radical (unpaired) electrons. The Hall–Kier alpha value is -2.57. The lowest BCUT2D eigenvalue weighted by Crippen LogP contribution is -2.58. The molecule has 7 heteroatoms. The van der Waals surface area contributed by atoms with Crippen LogP contribution < -0.4 is 4.74 Å². The highest BCUT2D eigenvalue weighted by Crippen LogP contribution is 2.20. The number of amides is 3. The number of carbonyl (C=O) groups excluding carboxylic acids is 3. The second-order valence-electron chi connectivity index (χ2n) is 7.15. The maximum Gasteiger partial charge on any atom is 0.245 e. The van der Waals surface area contributed by atoms with Crippen molar-refractivity contribution in [2.45, 2.75) is 38.8 Å². The average molecular weight is 373 g/mol. The minimum atomic E-state index is -0.495. The lowest BCUT2D eigenvalue weighted by molar-refractivity contribution is -0.155. The van der Waals surface area contributed by atoms with E-state index in [0.29, 0.717) is 32.5 Å². The summed E-state index contributed by atoms with van der Waals surface area (Å²) in [6.07, 6.45) is 2.24. The SMILES string of the molecule is COc1cccc(CN2C(=O)CN(CCCN3CCCC3=O)C(=O)[C@@H]2C)c1. The first kappa shape index (κ1) is 19.2. The van der Waals surface area contributed by atoms with Crippen molar-refractivity contribution in [1.82, 2.24) is 14.7 Å². The molecule has 1 aromatic rings. The van der Waals surface area contributed by atoms with Crippen molar-refractivity contribution in [3.05, 3.63) is 29.8 Å². The van der Waals surface area contributed by atoms with Gasteiger partial charge < -0.3 is 19.4 Å². The van der Waals surface area contributed by atoms with E-state index in [9.17, 15) is 14.4 Å². The molecular weight excluding hydrogens is 346 g/mol.